The summed E-state index contributed by atoms with van der Waals surface area (Å²) in [5, 5.41) is 11.5. The first-order valence-electron chi connectivity index (χ1n) is 7.08. The van der Waals surface area contributed by atoms with Gasteiger partial charge in [-0.05, 0) is 42.7 Å². The number of benzene rings is 1. The number of anilines is 1. The van der Waals surface area contributed by atoms with Crippen molar-refractivity contribution in [2.45, 2.75) is 24.7 Å². The summed E-state index contributed by atoms with van der Waals surface area (Å²) in [4.78, 5) is 16.7. The van der Waals surface area contributed by atoms with Gasteiger partial charge < -0.3 is 5.32 Å². The number of nitrogens with one attached hydrogen (secondary N) is 1. The molecule has 1 aliphatic rings. The number of halogens is 1. The average molecular weight is 295 g/mol. The number of rotatable bonds is 3. The van der Waals surface area contributed by atoms with Crippen LogP contribution in [0.1, 0.15) is 30.4 Å². The quantitative estimate of drug-likeness (QED) is 0.946. The number of pyridine rings is 1. The van der Waals surface area contributed by atoms with Crippen LogP contribution in [-0.4, -0.2) is 10.9 Å². The third-order valence-electron chi connectivity index (χ3n) is 4.15. The Kier molecular flexibility index (Phi) is 3.60. The number of carbonyl (C=O) groups is 1. The zero-order chi connectivity index (χ0) is 15.6. The number of nitrogens with zero attached hydrogens (tertiary/aromatic N) is 2. The lowest BCUT2D eigenvalue weighted by Gasteiger charge is -2.40. The molecule has 1 aliphatic carbocycles. The fraction of sp³-hybridized carbons (Fsp3) is 0.235. The Morgan fingerprint density at radius 3 is 2.68 bits per heavy atom. The van der Waals surface area contributed by atoms with Gasteiger partial charge in [0.2, 0.25) is 5.91 Å². The van der Waals surface area contributed by atoms with Gasteiger partial charge in [-0.3, -0.25) is 4.79 Å². The third-order valence-corrected chi connectivity index (χ3v) is 4.15. The van der Waals surface area contributed by atoms with Gasteiger partial charge in [-0.15, -0.1) is 0 Å². The first-order chi connectivity index (χ1) is 10.6. The van der Waals surface area contributed by atoms with Crippen molar-refractivity contribution >= 4 is 11.7 Å². The van der Waals surface area contributed by atoms with Gasteiger partial charge in [0.1, 0.15) is 17.7 Å². The van der Waals surface area contributed by atoms with Crippen LogP contribution in [0.25, 0.3) is 0 Å². The van der Waals surface area contributed by atoms with Crippen molar-refractivity contribution in [2.24, 2.45) is 0 Å². The first kappa shape index (κ1) is 14.2. The molecule has 0 aliphatic heterocycles. The molecule has 1 aromatic carbocycles. The van der Waals surface area contributed by atoms with Gasteiger partial charge in [0.15, 0.2) is 0 Å². The lowest BCUT2D eigenvalue weighted by Crippen LogP contribution is -2.46. The zero-order valence-corrected chi connectivity index (χ0v) is 11.8. The minimum Gasteiger partial charge on any atom is -0.310 e. The number of hydrogen-bond acceptors (Lipinski definition) is 3. The molecule has 22 heavy (non-hydrogen) atoms. The summed E-state index contributed by atoms with van der Waals surface area (Å²) in [6, 6.07) is 11.4. The Labute approximate surface area is 127 Å². The summed E-state index contributed by atoms with van der Waals surface area (Å²) in [5.74, 6) is -0.124. The molecule has 0 spiro atoms. The van der Waals surface area contributed by atoms with Gasteiger partial charge in [0.25, 0.3) is 0 Å². The molecule has 0 atom stereocenters. The Morgan fingerprint density at radius 2 is 2.14 bits per heavy atom. The highest BCUT2D eigenvalue weighted by molar-refractivity contribution is 5.99. The highest BCUT2D eigenvalue weighted by Gasteiger charge is 2.45. The molecule has 1 fully saturated rings. The molecular weight excluding hydrogens is 281 g/mol. The molecule has 1 heterocycles. The highest BCUT2D eigenvalue weighted by Crippen LogP contribution is 2.44. The van der Waals surface area contributed by atoms with Crippen molar-refractivity contribution in [2.75, 3.05) is 5.32 Å². The largest absolute Gasteiger partial charge is 0.310 e. The predicted molar refractivity (Wildman–Crippen MR) is 79.5 cm³/mol. The molecule has 3 rings (SSSR count). The van der Waals surface area contributed by atoms with Gasteiger partial charge in [0.05, 0.1) is 11.0 Å². The SMILES string of the molecule is N#Cc1ccc(NC(=O)C2(c3cccc(F)c3)CCC2)nc1. The maximum absolute atomic E-state index is 13.5. The second-order valence-electron chi connectivity index (χ2n) is 5.44. The molecule has 1 aromatic heterocycles. The maximum Gasteiger partial charge on any atom is 0.236 e. The lowest BCUT2D eigenvalue weighted by atomic mass is 9.64. The minimum atomic E-state index is -0.683. The molecule has 0 bridgehead atoms. The number of hydrogen-bond donors (Lipinski definition) is 1. The van der Waals surface area contributed by atoms with Crippen LogP contribution in [0.2, 0.25) is 0 Å². The van der Waals surface area contributed by atoms with Crippen molar-refractivity contribution in [3.8, 4) is 6.07 Å². The van der Waals surface area contributed by atoms with Crippen LogP contribution in [0.15, 0.2) is 42.6 Å². The molecule has 1 saturated carbocycles. The van der Waals surface area contributed by atoms with E-state index in [0.29, 0.717) is 29.8 Å². The van der Waals surface area contributed by atoms with Crippen LogP contribution in [0.5, 0.6) is 0 Å². The Hall–Kier alpha value is -2.74. The molecule has 1 amide bonds. The van der Waals surface area contributed by atoms with Gasteiger partial charge in [-0.25, -0.2) is 9.37 Å². The predicted octanol–water partition coefficient (Wildman–Crippen LogP) is 3.15. The molecular formula is C17H14FN3O. The van der Waals surface area contributed by atoms with Crippen LogP contribution in [0.3, 0.4) is 0 Å². The summed E-state index contributed by atoms with van der Waals surface area (Å²) in [6.45, 7) is 0. The molecule has 0 unspecified atom stereocenters. The normalized spacial score (nSPS) is 15.5. The fourth-order valence-corrected chi connectivity index (χ4v) is 2.73. The highest BCUT2D eigenvalue weighted by atomic mass is 19.1. The Morgan fingerprint density at radius 1 is 1.32 bits per heavy atom. The lowest BCUT2D eigenvalue weighted by molar-refractivity contribution is -0.124. The molecule has 110 valence electrons. The summed E-state index contributed by atoms with van der Waals surface area (Å²) < 4.78 is 13.5. The number of amides is 1. The Balaban J connectivity index is 1.84. The zero-order valence-electron chi connectivity index (χ0n) is 11.8. The summed E-state index contributed by atoms with van der Waals surface area (Å²) >= 11 is 0. The minimum absolute atomic E-state index is 0.179. The average Bonchev–Trinajstić information content (AvgIpc) is 2.47. The molecule has 4 nitrogen and oxygen atoms in total. The van der Waals surface area contributed by atoms with Crippen molar-refractivity contribution in [3.63, 3.8) is 0 Å². The van der Waals surface area contributed by atoms with E-state index in [1.807, 2.05) is 6.07 Å². The molecule has 0 radical (unpaired) electrons. The summed E-state index contributed by atoms with van der Waals surface area (Å²) in [7, 11) is 0. The van der Waals surface area contributed by atoms with Crippen LogP contribution in [0.4, 0.5) is 10.2 Å². The van der Waals surface area contributed by atoms with E-state index in [4.69, 9.17) is 5.26 Å². The van der Waals surface area contributed by atoms with E-state index >= 15 is 0 Å². The van der Waals surface area contributed by atoms with Crippen molar-refractivity contribution < 1.29 is 9.18 Å². The van der Waals surface area contributed by atoms with Crippen LogP contribution >= 0.6 is 0 Å². The van der Waals surface area contributed by atoms with E-state index < -0.39 is 5.41 Å². The molecule has 5 heteroatoms. The number of aromatic nitrogens is 1. The maximum atomic E-state index is 13.5. The molecule has 1 N–H and O–H groups in total. The fourth-order valence-electron chi connectivity index (χ4n) is 2.73. The summed E-state index contributed by atoms with van der Waals surface area (Å²) in [6.07, 6.45) is 3.73. The summed E-state index contributed by atoms with van der Waals surface area (Å²) in [5.41, 5.74) is 0.448. The topological polar surface area (TPSA) is 65.8 Å². The van der Waals surface area contributed by atoms with E-state index in [1.54, 1.807) is 24.3 Å². The van der Waals surface area contributed by atoms with Gasteiger partial charge >= 0.3 is 0 Å². The first-order valence-corrected chi connectivity index (χ1v) is 7.08. The van der Waals surface area contributed by atoms with Crippen LogP contribution in [-0.2, 0) is 10.2 Å². The number of nitriles is 1. The van der Waals surface area contributed by atoms with Crippen LogP contribution in [0, 0.1) is 17.1 Å². The molecule has 0 saturated heterocycles. The smallest absolute Gasteiger partial charge is 0.236 e. The van der Waals surface area contributed by atoms with Gasteiger partial charge in [-0.1, -0.05) is 18.6 Å². The second kappa shape index (κ2) is 5.57. The number of carbonyl (C=O) groups excluding carboxylic acids is 1. The van der Waals surface area contributed by atoms with E-state index in [2.05, 4.69) is 10.3 Å². The second-order valence-corrected chi connectivity index (χ2v) is 5.44. The Bertz CT molecular complexity index is 745. The van der Waals surface area contributed by atoms with Gasteiger partial charge in [0, 0.05) is 6.20 Å². The molecule has 2 aromatic rings. The van der Waals surface area contributed by atoms with E-state index in [1.165, 1.54) is 18.3 Å². The van der Waals surface area contributed by atoms with E-state index in [-0.39, 0.29) is 11.7 Å². The van der Waals surface area contributed by atoms with Crippen molar-refractivity contribution in [3.05, 3.63) is 59.5 Å². The van der Waals surface area contributed by atoms with Crippen molar-refractivity contribution in [1.29, 1.82) is 5.26 Å². The third kappa shape index (κ3) is 2.44. The van der Waals surface area contributed by atoms with E-state index in [0.717, 1.165) is 6.42 Å². The standard InChI is InChI=1S/C17H14FN3O/c18-14-4-1-3-13(9-14)17(7-2-8-17)16(22)21-15-6-5-12(10-19)11-20-15/h1,3-6,9,11H,2,7-8H2,(H,20,21,22). The van der Waals surface area contributed by atoms with Crippen LogP contribution < -0.4 is 5.32 Å². The van der Waals surface area contributed by atoms with E-state index in [9.17, 15) is 9.18 Å². The van der Waals surface area contributed by atoms with Crippen molar-refractivity contribution in [1.82, 2.24) is 4.98 Å². The monoisotopic (exact) mass is 295 g/mol. The van der Waals surface area contributed by atoms with Gasteiger partial charge in [-0.2, -0.15) is 5.26 Å².